The minimum Gasteiger partial charge on any atom is -0.494 e. The lowest BCUT2D eigenvalue weighted by Gasteiger charge is -2.07. The van der Waals surface area contributed by atoms with Gasteiger partial charge in [0.1, 0.15) is 11.5 Å². The highest BCUT2D eigenvalue weighted by molar-refractivity contribution is 5.69. The van der Waals surface area contributed by atoms with Gasteiger partial charge in [0, 0.05) is 6.92 Å². The molecule has 3 nitrogen and oxygen atoms in total. The maximum Gasteiger partial charge on any atom is 0.308 e. The van der Waals surface area contributed by atoms with Gasteiger partial charge in [-0.3, -0.25) is 4.79 Å². The minimum atomic E-state index is -0.299. The second-order valence-electron chi connectivity index (χ2n) is 8.22. The van der Waals surface area contributed by atoms with E-state index in [-0.39, 0.29) is 5.97 Å². The Balaban J connectivity index is 1.80. The molecule has 1 aromatic rings. The van der Waals surface area contributed by atoms with Crippen molar-refractivity contribution in [2.45, 2.75) is 117 Å². The Hall–Kier alpha value is -1.51. The van der Waals surface area contributed by atoms with Crippen LogP contribution in [0.2, 0.25) is 0 Å². The zero-order valence-corrected chi connectivity index (χ0v) is 19.1. The van der Waals surface area contributed by atoms with Crippen LogP contribution in [0.4, 0.5) is 0 Å². The molecule has 3 heteroatoms. The topological polar surface area (TPSA) is 35.5 Å². The molecule has 0 atom stereocenters. The molecule has 0 aromatic heterocycles. The van der Waals surface area contributed by atoms with E-state index in [4.69, 9.17) is 9.47 Å². The van der Waals surface area contributed by atoms with Gasteiger partial charge in [-0.2, -0.15) is 0 Å². The molecular weight excluding hydrogens is 360 g/mol. The number of carbonyl (C=O) groups is 1. The lowest BCUT2D eigenvalue weighted by molar-refractivity contribution is -0.131. The van der Waals surface area contributed by atoms with Gasteiger partial charge in [-0.1, -0.05) is 103 Å². The normalized spacial score (nSPS) is 10.8. The van der Waals surface area contributed by atoms with Crippen LogP contribution in [-0.4, -0.2) is 12.6 Å². The smallest absolute Gasteiger partial charge is 0.308 e. The molecular formula is C26H44O3. The lowest BCUT2D eigenvalue weighted by atomic mass is 10.0. The van der Waals surface area contributed by atoms with Crippen LogP contribution in [0.5, 0.6) is 11.5 Å². The molecule has 0 bridgehead atoms. The van der Waals surface area contributed by atoms with E-state index in [1.54, 1.807) is 12.1 Å². The molecule has 0 saturated heterocycles. The van der Waals surface area contributed by atoms with Gasteiger partial charge >= 0.3 is 5.97 Å². The Bertz CT molecular complexity index is 495. The first-order chi connectivity index (χ1) is 14.2. The van der Waals surface area contributed by atoms with E-state index in [2.05, 4.69) is 6.92 Å². The summed E-state index contributed by atoms with van der Waals surface area (Å²) in [4.78, 5) is 10.9. The third kappa shape index (κ3) is 16.0. The summed E-state index contributed by atoms with van der Waals surface area (Å²) >= 11 is 0. The molecule has 0 fully saturated rings. The summed E-state index contributed by atoms with van der Waals surface area (Å²) in [5, 5.41) is 0. The number of ether oxygens (including phenoxy) is 2. The Kier molecular flexibility index (Phi) is 16.3. The van der Waals surface area contributed by atoms with Crippen molar-refractivity contribution in [1.82, 2.24) is 0 Å². The highest BCUT2D eigenvalue weighted by Gasteiger charge is 1.99. The number of benzene rings is 1. The Labute approximate surface area is 179 Å². The molecule has 1 aromatic carbocycles. The fourth-order valence-electron chi connectivity index (χ4n) is 3.61. The second kappa shape index (κ2) is 18.5. The zero-order chi connectivity index (χ0) is 21.0. The first-order valence-electron chi connectivity index (χ1n) is 12.1. The van der Waals surface area contributed by atoms with Gasteiger partial charge in [0.05, 0.1) is 6.61 Å². The van der Waals surface area contributed by atoms with Gasteiger partial charge < -0.3 is 9.47 Å². The fourth-order valence-corrected chi connectivity index (χ4v) is 3.61. The maximum absolute atomic E-state index is 10.9. The lowest BCUT2D eigenvalue weighted by Crippen LogP contribution is -2.01. The molecule has 0 aliphatic carbocycles. The predicted molar refractivity (Wildman–Crippen MR) is 123 cm³/mol. The van der Waals surface area contributed by atoms with Crippen molar-refractivity contribution in [2.24, 2.45) is 0 Å². The van der Waals surface area contributed by atoms with Gasteiger partial charge in [-0.15, -0.1) is 0 Å². The Morgan fingerprint density at radius 3 is 1.41 bits per heavy atom. The average molecular weight is 405 g/mol. The molecule has 0 saturated carbocycles. The number of hydrogen-bond acceptors (Lipinski definition) is 3. The number of carbonyl (C=O) groups excluding carboxylic acids is 1. The van der Waals surface area contributed by atoms with Gasteiger partial charge in [-0.25, -0.2) is 0 Å². The van der Waals surface area contributed by atoms with Crippen molar-refractivity contribution in [2.75, 3.05) is 6.61 Å². The van der Waals surface area contributed by atoms with Gasteiger partial charge in [-0.05, 0) is 30.7 Å². The van der Waals surface area contributed by atoms with Crippen molar-refractivity contribution in [3.63, 3.8) is 0 Å². The number of unbranched alkanes of at least 4 members (excludes halogenated alkanes) is 15. The van der Waals surface area contributed by atoms with Crippen LogP contribution in [0.25, 0.3) is 0 Å². The molecule has 0 spiro atoms. The number of esters is 1. The largest absolute Gasteiger partial charge is 0.494 e. The second-order valence-corrected chi connectivity index (χ2v) is 8.22. The highest BCUT2D eigenvalue weighted by atomic mass is 16.5. The van der Waals surface area contributed by atoms with Crippen LogP contribution in [0, 0.1) is 0 Å². The summed E-state index contributed by atoms with van der Waals surface area (Å²) in [5.74, 6) is 1.10. The molecule has 0 heterocycles. The SMILES string of the molecule is CCCCCCCCCCCCCCCCCCOc1ccc(OC(C)=O)cc1. The summed E-state index contributed by atoms with van der Waals surface area (Å²) in [7, 11) is 0. The van der Waals surface area contributed by atoms with Crippen LogP contribution in [0.3, 0.4) is 0 Å². The first kappa shape index (κ1) is 25.5. The Morgan fingerprint density at radius 2 is 1.00 bits per heavy atom. The summed E-state index contributed by atoms with van der Waals surface area (Å²) in [5.41, 5.74) is 0. The molecule has 0 aliphatic rings. The molecule has 0 N–H and O–H groups in total. The molecule has 166 valence electrons. The van der Waals surface area contributed by atoms with Crippen LogP contribution in [0.15, 0.2) is 24.3 Å². The van der Waals surface area contributed by atoms with Crippen LogP contribution in [-0.2, 0) is 4.79 Å². The van der Waals surface area contributed by atoms with Crippen LogP contribution < -0.4 is 9.47 Å². The van der Waals surface area contributed by atoms with E-state index in [9.17, 15) is 4.79 Å². The third-order valence-corrected chi connectivity index (χ3v) is 5.35. The minimum absolute atomic E-state index is 0.299. The standard InChI is InChI=1S/C26H44O3/c1-3-4-5-6-7-8-9-10-11-12-13-14-15-16-17-18-23-28-25-19-21-26(22-20-25)29-24(2)27/h19-22H,3-18,23H2,1-2H3. The number of rotatable bonds is 19. The molecule has 0 radical (unpaired) electrons. The third-order valence-electron chi connectivity index (χ3n) is 5.35. The Morgan fingerprint density at radius 1 is 0.621 bits per heavy atom. The van der Waals surface area contributed by atoms with E-state index in [1.807, 2.05) is 12.1 Å². The van der Waals surface area contributed by atoms with Crippen LogP contribution >= 0.6 is 0 Å². The fraction of sp³-hybridized carbons (Fsp3) is 0.731. The average Bonchev–Trinajstić information content (AvgIpc) is 2.71. The quantitative estimate of drug-likeness (QED) is 0.132. The number of hydrogen-bond donors (Lipinski definition) is 0. The van der Waals surface area contributed by atoms with Gasteiger partial charge in [0.15, 0.2) is 0 Å². The van der Waals surface area contributed by atoms with Gasteiger partial charge in [0.2, 0.25) is 0 Å². The molecule has 0 unspecified atom stereocenters. The highest BCUT2D eigenvalue weighted by Crippen LogP contribution is 2.18. The first-order valence-corrected chi connectivity index (χ1v) is 12.1. The van der Waals surface area contributed by atoms with E-state index in [0.29, 0.717) is 5.75 Å². The summed E-state index contributed by atoms with van der Waals surface area (Å²) in [6.45, 7) is 4.44. The molecule has 29 heavy (non-hydrogen) atoms. The van der Waals surface area contributed by atoms with Crippen molar-refractivity contribution >= 4 is 5.97 Å². The monoisotopic (exact) mass is 404 g/mol. The van der Waals surface area contributed by atoms with Crippen molar-refractivity contribution in [3.05, 3.63) is 24.3 Å². The van der Waals surface area contributed by atoms with Crippen molar-refractivity contribution < 1.29 is 14.3 Å². The summed E-state index contributed by atoms with van der Waals surface area (Å²) in [6, 6.07) is 7.24. The van der Waals surface area contributed by atoms with Crippen LogP contribution in [0.1, 0.15) is 117 Å². The summed E-state index contributed by atoms with van der Waals surface area (Å²) in [6.07, 6.45) is 22.1. The van der Waals surface area contributed by atoms with E-state index in [0.717, 1.165) is 18.8 Å². The van der Waals surface area contributed by atoms with E-state index < -0.39 is 0 Å². The van der Waals surface area contributed by atoms with E-state index >= 15 is 0 Å². The summed E-state index contributed by atoms with van der Waals surface area (Å²) < 4.78 is 10.8. The maximum atomic E-state index is 10.9. The van der Waals surface area contributed by atoms with E-state index in [1.165, 1.54) is 103 Å². The van der Waals surface area contributed by atoms with Crippen molar-refractivity contribution in [1.29, 1.82) is 0 Å². The molecule has 0 aliphatic heterocycles. The predicted octanol–water partition coefficient (Wildman–Crippen LogP) is 8.25. The zero-order valence-electron chi connectivity index (χ0n) is 19.1. The van der Waals surface area contributed by atoms with Crippen molar-refractivity contribution in [3.8, 4) is 11.5 Å². The molecule has 1 rings (SSSR count). The molecule has 0 amide bonds. The van der Waals surface area contributed by atoms with Gasteiger partial charge in [0.25, 0.3) is 0 Å².